The van der Waals surface area contributed by atoms with Gasteiger partial charge in [0.2, 0.25) is 0 Å². The first-order valence-corrected chi connectivity index (χ1v) is 9.38. The number of hydrogen-bond acceptors (Lipinski definition) is 3. The van der Waals surface area contributed by atoms with Crippen LogP contribution in [0.3, 0.4) is 0 Å². The van der Waals surface area contributed by atoms with Gasteiger partial charge in [0.25, 0.3) is 11.8 Å². The van der Waals surface area contributed by atoms with Crippen LogP contribution in [0.25, 0.3) is 17.4 Å². The smallest absolute Gasteiger partial charge is 0.269 e. The Balaban J connectivity index is 1.87. The molecule has 2 amide bonds. The van der Waals surface area contributed by atoms with Gasteiger partial charge in [-0.25, -0.2) is 0 Å². The summed E-state index contributed by atoms with van der Waals surface area (Å²) in [6, 6.07) is 17.9. The molecule has 0 aliphatic heterocycles. The maximum Gasteiger partial charge on any atom is 0.269 e. The molecule has 0 bridgehead atoms. The minimum Gasteiger partial charge on any atom is -0.457 e. The molecule has 1 aromatic heterocycles. The number of nitrogens with one attached hydrogen (secondary N) is 1. The molecule has 29 heavy (non-hydrogen) atoms. The van der Waals surface area contributed by atoms with Gasteiger partial charge in [-0.1, -0.05) is 29.3 Å². The molecule has 1 heterocycles. The van der Waals surface area contributed by atoms with Crippen molar-refractivity contribution in [2.75, 3.05) is 14.1 Å². The van der Waals surface area contributed by atoms with E-state index < -0.39 is 0 Å². The van der Waals surface area contributed by atoms with Gasteiger partial charge in [-0.2, -0.15) is 0 Å². The second-order valence-electron chi connectivity index (χ2n) is 6.79. The van der Waals surface area contributed by atoms with Crippen LogP contribution in [0.4, 0.5) is 0 Å². The second kappa shape index (κ2) is 8.80. The fraction of sp³-hybridized carbons (Fsp3) is 0.130. The molecule has 5 nitrogen and oxygen atoms in total. The summed E-state index contributed by atoms with van der Waals surface area (Å²) in [6.07, 6.45) is 1.52. The maximum atomic E-state index is 12.6. The topological polar surface area (TPSA) is 62.6 Å². The molecule has 0 radical (unpaired) electrons. The van der Waals surface area contributed by atoms with Crippen LogP contribution in [-0.4, -0.2) is 30.8 Å². The lowest BCUT2D eigenvalue weighted by molar-refractivity contribution is -0.124. The second-order valence-corrected chi connectivity index (χ2v) is 7.22. The number of carbonyl (C=O) groups excluding carboxylic acids is 2. The summed E-state index contributed by atoms with van der Waals surface area (Å²) in [4.78, 5) is 26.5. The van der Waals surface area contributed by atoms with Crippen molar-refractivity contribution in [3.63, 3.8) is 0 Å². The number of amides is 2. The van der Waals surface area contributed by atoms with Crippen LogP contribution in [0.5, 0.6) is 0 Å². The summed E-state index contributed by atoms with van der Waals surface area (Å²) >= 11 is 5.92. The molecule has 3 aromatic rings. The molecule has 6 heteroatoms. The van der Waals surface area contributed by atoms with Crippen LogP contribution in [0.2, 0.25) is 5.02 Å². The molecule has 0 spiro atoms. The average Bonchev–Trinajstić information content (AvgIpc) is 3.16. The highest BCUT2D eigenvalue weighted by Crippen LogP contribution is 2.25. The number of halogens is 1. The Labute approximate surface area is 174 Å². The van der Waals surface area contributed by atoms with E-state index >= 15 is 0 Å². The van der Waals surface area contributed by atoms with E-state index in [2.05, 4.69) is 5.32 Å². The zero-order valence-electron chi connectivity index (χ0n) is 16.4. The molecule has 0 aliphatic carbocycles. The minimum atomic E-state index is -0.365. The van der Waals surface area contributed by atoms with E-state index in [-0.39, 0.29) is 17.5 Å². The highest BCUT2D eigenvalue weighted by molar-refractivity contribution is 6.30. The number of rotatable bonds is 5. The first-order valence-electron chi connectivity index (χ1n) is 9.00. The van der Waals surface area contributed by atoms with Crippen molar-refractivity contribution in [1.29, 1.82) is 0 Å². The van der Waals surface area contributed by atoms with E-state index in [0.29, 0.717) is 22.1 Å². The van der Waals surface area contributed by atoms with Gasteiger partial charge in [0, 0.05) is 36.3 Å². The molecule has 0 unspecified atom stereocenters. The van der Waals surface area contributed by atoms with Gasteiger partial charge in [0.05, 0.1) is 0 Å². The zero-order valence-corrected chi connectivity index (χ0v) is 17.2. The van der Waals surface area contributed by atoms with E-state index in [9.17, 15) is 9.59 Å². The van der Waals surface area contributed by atoms with Gasteiger partial charge in [-0.05, 0) is 55.5 Å². The Morgan fingerprint density at radius 2 is 1.62 bits per heavy atom. The summed E-state index contributed by atoms with van der Waals surface area (Å²) in [6.45, 7) is 1.94. The van der Waals surface area contributed by atoms with Gasteiger partial charge in [0.1, 0.15) is 17.2 Å². The predicted molar refractivity (Wildman–Crippen MR) is 114 cm³/mol. The molecule has 1 N–H and O–H groups in total. The first kappa shape index (κ1) is 20.4. The number of likely N-dealkylation sites (N-methyl/N-ethyl adjacent to an activating group) is 1. The number of aryl methyl sites for hydroxylation is 1. The summed E-state index contributed by atoms with van der Waals surface area (Å²) in [7, 11) is 3.24. The predicted octanol–water partition coefficient (Wildman–Crippen LogP) is 4.77. The summed E-state index contributed by atoms with van der Waals surface area (Å²) in [5.41, 5.74) is 2.50. The molecule has 148 valence electrons. The molecule has 0 saturated carbocycles. The van der Waals surface area contributed by atoms with E-state index in [1.165, 1.54) is 11.0 Å². The molecule has 2 aromatic carbocycles. The number of nitrogens with zero attached hydrogens (tertiary/aromatic N) is 1. The average molecular weight is 409 g/mol. The summed E-state index contributed by atoms with van der Waals surface area (Å²) < 4.78 is 5.83. The van der Waals surface area contributed by atoms with Crippen LogP contribution >= 0.6 is 11.6 Å². The third kappa shape index (κ3) is 5.15. The largest absolute Gasteiger partial charge is 0.457 e. The van der Waals surface area contributed by atoms with Gasteiger partial charge in [-0.15, -0.1) is 0 Å². The minimum absolute atomic E-state index is 0.123. The number of hydrogen-bond donors (Lipinski definition) is 1. The Kier molecular flexibility index (Phi) is 6.20. The van der Waals surface area contributed by atoms with Crippen LogP contribution in [0.15, 0.2) is 70.8 Å². The van der Waals surface area contributed by atoms with Crippen molar-refractivity contribution in [2.24, 2.45) is 0 Å². The Morgan fingerprint density at radius 3 is 2.24 bits per heavy atom. The lowest BCUT2D eigenvalue weighted by Crippen LogP contribution is -2.34. The van der Waals surface area contributed by atoms with E-state index in [0.717, 1.165) is 11.1 Å². The summed E-state index contributed by atoms with van der Waals surface area (Å²) in [5.74, 6) is 0.379. The zero-order chi connectivity index (χ0) is 21.0. The molecular formula is C23H21ClN2O3. The number of benzene rings is 2. The standard InChI is InChI=1S/C23H21ClN2O3/c1-15-4-6-17(7-5-15)22(27)25-20(23(28)26(2)3)14-19-12-13-21(29-19)16-8-10-18(24)11-9-16/h4-14H,1-3H3,(H,25,27)/b20-14+. The van der Waals surface area contributed by atoms with Crippen molar-refractivity contribution in [2.45, 2.75) is 6.92 Å². The SMILES string of the molecule is Cc1ccc(C(=O)N/C(=C/c2ccc(-c3ccc(Cl)cc3)o2)C(=O)N(C)C)cc1. The van der Waals surface area contributed by atoms with Gasteiger partial charge < -0.3 is 14.6 Å². The third-order valence-electron chi connectivity index (χ3n) is 4.24. The van der Waals surface area contributed by atoms with Crippen LogP contribution in [0.1, 0.15) is 21.7 Å². The van der Waals surface area contributed by atoms with Crippen molar-refractivity contribution in [3.05, 3.63) is 88.3 Å². The normalized spacial score (nSPS) is 11.2. The molecule has 0 aliphatic rings. The molecule has 3 rings (SSSR count). The number of carbonyl (C=O) groups is 2. The monoisotopic (exact) mass is 408 g/mol. The Morgan fingerprint density at radius 1 is 0.966 bits per heavy atom. The van der Waals surface area contributed by atoms with Crippen molar-refractivity contribution < 1.29 is 14.0 Å². The van der Waals surface area contributed by atoms with Crippen LogP contribution in [-0.2, 0) is 4.79 Å². The van der Waals surface area contributed by atoms with Gasteiger partial charge in [-0.3, -0.25) is 9.59 Å². The van der Waals surface area contributed by atoms with E-state index in [4.69, 9.17) is 16.0 Å². The van der Waals surface area contributed by atoms with Crippen molar-refractivity contribution in [1.82, 2.24) is 10.2 Å². The van der Waals surface area contributed by atoms with E-state index in [1.54, 1.807) is 50.5 Å². The number of furan rings is 1. The lowest BCUT2D eigenvalue weighted by atomic mass is 10.1. The maximum absolute atomic E-state index is 12.6. The van der Waals surface area contributed by atoms with Gasteiger partial charge >= 0.3 is 0 Å². The highest BCUT2D eigenvalue weighted by Gasteiger charge is 2.17. The molecule has 0 fully saturated rings. The van der Waals surface area contributed by atoms with Crippen molar-refractivity contribution in [3.8, 4) is 11.3 Å². The lowest BCUT2D eigenvalue weighted by Gasteiger charge is -2.14. The van der Waals surface area contributed by atoms with Crippen molar-refractivity contribution >= 4 is 29.5 Å². The first-order chi connectivity index (χ1) is 13.8. The molecular weight excluding hydrogens is 388 g/mol. The Hall–Kier alpha value is -3.31. The quantitative estimate of drug-likeness (QED) is 0.618. The Bertz CT molecular complexity index is 1050. The van der Waals surface area contributed by atoms with Gasteiger partial charge in [0.15, 0.2) is 0 Å². The fourth-order valence-corrected chi connectivity index (χ4v) is 2.76. The van der Waals surface area contributed by atoms with Crippen LogP contribution < -0.4 is 5.32 Å². The van der Waals surface area contributed by atoms with E-state index in [1.807, 2.05) is 31.2 Å². The fourth-order valence-electron chi connectivity index (χ4n) is 2.63. The highest BCUT2D eigenvalue weighted by atomic mass is 35.5. The summed E-state index contributed by atoms with van der Waals surface area (Å²) in [5, 5.41) is 3.33. The van der Waals surface area contributed by atoms with Crippen LogP contribution in [0, 0.1) is 6.92 Å². The molecule has 0 atom stereocenters. The third-order valence-corrected chi connectivity index (χ3v) is 4.49. The molecule has 0 saturated heterocycles.